The lowest BCUT2D eigenvalue weighted by Gasteiger charge is -2.59. The molecule has 4 aliphatic rings. The topological polar surface area (TPSA) is 46.5 Å². The number of allylic oxidation sites excluding steroid dienone is 1. The largest absolute Gasteiger partial charge is 0.462 e. The zero-order chi connectivity index (χ0) is 18.7. The number of aliphatic hydroxyl groups excluding tert-OH is 1. The molecule has 0 aromatic heterocycles. The number of fused-ring (bicyclic) bond motifs is 5. The summed E-state index contributed by atoms with van der Waals surface area (Å²) >= 11 is 0. The van der Waals surface area contributed by atoms with Gasteiger partial charge in [0, 0.05) is 13.3 Å². The molecule has 3 fully saturated rings. The Labute approximate surface area is 157 Å². The van der Waals surface area contributed by atoms with Crippen LogP contribution in [0.4, 0.5) is 0 Å². The second kappa shape index (κ2) is 6.22. The van der Waals surface area contributed by atoms with Crippen LogP contribution in [0, 0.1) is 34.5 Å². The molecule has 0 heterocycles. The Morgan fingerprint density at radius 1 is 1.23 bits per heavy atom. The van der Waals surface area contributed by atoms with Crippen LogP contribution in [0.2, 0.25) is 0 Å². The molecule has 3 heteroatoms. The van der Waals surface area contributed by atoms with E-state index in [0.29, 0.717) is 29.1 Å². The molecule has 0 aliphatic heterocycles. The van der Waals surface area contributed by atoms with Crippen LogP contribution in [0.25, 0.3) is 0 Å². The quantitative estimate of drug-likeness (QED) is 0.577. The number of ether oxygens (including phenoxy) is 1. The monoisotopic (exact) mass is 358 g/mol. The number of hydrogen-bond donors (Lipinski definition) is 1. The summed E-state index contributed by atoms with van der Waals surface area (Å²) in [5, 5.41) is 11.1. The van der Waals surface area contributed by atoms with E-state index >= 15 is 0 Å². The molecule has 0 aromatic rings. The van der Waals surface area contributed by atoms with Crippen molar-refractivity contribution >= 4 is 5.97 Å². The lowest BCUT2D eigenvalue weighted by molar-refractivity contribution is -0.149. The third-order valence-corrected chi connectivity index (χ3v) is 8.77. The van der Waals surface area contributed by atoms with Gasteiger partial charge in [-0.2, -0.15) is 0 Å². The molecule has 0 bridgehead atoms. The van der Waals surface area contributed by atoms with Crippen molar-refractivity contribution in [1.29, 1.82) is 0 Å². The van der Waals surface area contributed by atoms with E-state index in [4.69, 9.17) is 4.74 Å². The van der Waals surface area contributed by atoms with Gasteiger partial charge in [0.15, 0.2) is 0 Å². The molecule has 0 saturated heterocycles. The summed E-state index contributed by atoms with van der Waals surface area (Å²) in [5.74, 6) is 1.93. The minimum atomic E-state index is -0.354. The van der Waals surface area contributed by atoms with Gasteiger partial charge in [-0.05, 0) is 73.0 Å². The summed E-state index contributed by atoms with van der Waals surface area (Å²) in [7, 11) is 0. The lowest BCUT2D eigenvalue weighted by atomic mass is 9.47. The first kappa shape index (κ1) is 18.3. The fourth-order valence-corrected chi connectivity index (χ4v) is 7.38. The van der Waals surface area contributed by atoms with Gasteiger partial charge in [0.25, 0.3) is 0 Å². The summed E-state index contributed by atoms with van der Waals surface area (Å²) in [6, 6.07) is 0. The lowest BCUT2D eigenvalue weighted by Crippen LogP contribution is -2.54. The highest BCUT2D eigenvalue weighted by molar-refractivity contribution is 5.66. The first-order chi connectivity index (χ1) is 12.3. The number of hydrogen-bond acceptors (Lipinski definition) is 3. The maximum atomic E-state index is 11.4. The fraction of sp³-hybridized carbons (Fsp3) is 0.783. The summed E-state index contributed by atoms with van der Waals surface area (Å²) < 4.78 is 5.50. The van der Waals surface area contributed by atoms with E-state index in [1.165, 1.54) is 38.2 Å². The minimum absolute atomic E-state index is 0.0129. The molecule has 0 aromatic carbocycles. The first-order valence-corrected chi connectivity index (χ1v) is 10.5. The highest BCUT2D eigenvalue weighted by Gasteiger charge is 2.60. The first-order valence-electron chi connectivity index (χ1n) is 10.5. The Bertz CT molecular complexity index is 637. The van der Waals surface area contributed by atoms with Crippen LogP contribution in [0.3, 0.4) is 0 Å². The summed E-state index contributed by atoms with van der Waals surface area (Å²) in [6.45, 7) is 10.4. The summed E-state index contributed by atoms with van der Waals surface area (Å²) in [5.41, 5.74) is 1.81. The molecular weight excluding hydrogens is 324 g/mol. The number of esters is 1. The SMILES string of the molecule is C=C[C@H]1CCC2C3C(CC[C@@]21C)[C@@]1(C)CC[C@@H](OC(C)=O)CC1=C[C@H]3O. The smallest absolute Gasteiger partial charge is 0.302 e. The van der Waals surface area contributed by atoms with Crippen LogP contribution in [0.5, 0.6) is 0 Å². The van der Waals surface area contributed by atoms with Gasteiger partial charge in [-0.1, -0.05) is 31.6 Å². The Morgan fingerprint density at radius 3 is 2.69 bits per heavy atom. The predicted molar refractivity (Wildman–Crippen MR) is 102 cm³/mol. The van der Waals surface area contributed by atoms with Gasteiger partial charge in [-0.15, -0.1) is 6.58 Å². The summed E-state index contributed by atoms with van der Waals surface area (Å²) in [6.07, 6.45) is 11.7. The fourth-order valence-electron chi connectivity index (χ4n) is 7.38. The van der Waals surface area contributed by atoms with Crippen LogP contribution < -0.4 is 0 Å². The highest BCUT2D eigenvalue weighted by Crippen LogP contribution is 2.66. The zero-order valence-electron chi connectivity index (χ0n) is 16.5. The van der Waals surface area contributed by atoms with E-state index < -0.39 is 0 Å². The van der Waals surface area contributed by atoms with Gasteiger partial charge >= 0.3 is 5.97 Å². The average molecular weight is 359 g/mol. The molecule has 1 N–H and O–H groups in total. The van der Waals surface area contributed by atoms with Crippen molar-refractivity contribution in [3.63, 3.8) is 0 Å². The number of carbonyl (C=O) groups is 1. The minimum Gasteiger partial charge on any atom is -0.462 e. The number of rotatable bonds is 2. The molecule has 4 aliphatic carbocycles. The van der Waals surface area contributed by atoms with Crippen LogP contribution in [-0.2, 0) is 9.53 Å². The molecule has 0 radical (unpaired) electrons. The number of aliphatic hydroxyl groups is 1. The van der Waals surface area contributed by atoms with Gasteiger partial charge < -0.3 is 9.84 Å². The predicted octanol–water partition coefficient (Wildman–Crippen LogP) is 4.65. The molecule has 0 amide bonds. The van der Waals surface area contributed by atoms with Crippen molar-refractivity contribution in [1.82, 2.24) is 0 Å². The van der Waals surface area contributed by atoms with Crippen LogP contribution in [-0.4, -0.2) is 23.3 Å². The third kappa shape index (κ3) is 2.53. The summed E-state index contributed by atoms with van der Waals surface area (Å²) in [4.78, 5) is 11.4. The van der Waals surface area contributed by atoms with E-state index in [1.807, 2.05) is 0 Å². The Balaban J connectivity index is 1.64. The second-order valence-electron chi connectivity index (χ2n) is 9.83. The molecule has 4 rings (SSSR count). The van der Waals surface area contributed by atoms with E-state index in [0.717, 1.165) is 19.3 Å². The van der Waals surface area contributed by atoms with E-state index in [1.54, 1.807) is 0 Å². The Kier molecular flexibility index (Phi) is 4.38. The molecule has 144 valence electrons. The standard InChI is InChI=1S/C23H34O3/c1-5-15-6-7-18-21-19(9-11-22(15,18)3)23(4)10-8-17(26-14(2)24)12-16(23)13-20(21)25/h5,13,15,17-21,25H,1,6-12H2,2-4H3/t15-,17+,18?,19?,20+,21?,22+,23-/m0/s1. The maximum Gasteiger partial charge on any atom is 0.302 e. The van der Waals surface area contributed by atoms with Gasteiger partial charge in [0.2, 0.25) is 0 Å². The van der Waals surface area contributed by atoms with Gasteiger partial charge in [0.1, 0.15) is 6.10 Å². The molecular formula is C23H34O3. The molecule has 0 spiro atoms. The van der Waals surface area contributed by atoms with E-state index in [2.05, 4.69) is 32.6 Å². The van der Waals surface area contributed by atoms with Crippen molar-refractivity contribution in [2.75, 3.05) is 0 Å². The number of carbonyl (C=O) groups excluding carboxylic acids is 1. The second-order valence-corrected chi connectivity index (χ2v) is 9.83. The van der Waals surface area contributed by atoms with Crippen molar-refractivity contribution in [2.24, 2.45) is 34.5 Å². The Hall–Kier alpha value is -1.09. The van der Waals surface area contributed by atoms with Gasteiger partial charge in [0.05, 0.1) is 6.10 Å². The molecule has 26 heavy (non-hydrogen) atoms. The van der Waals surface area contributed by atoms with Gasteiger partial charge in [-0.25, -0.2) is 0 Å². The van der Waals surface area contributed by atoms with E-state index in [-0.39, 0.29) is 23.6 Å². The van der Waals surface area contributed by atoms with Crippen molar-refractivity contribution in [2.45, 2.75) is 77.9 Å². The maximum absolute atomic E-state index is 11.4. The molecule has 3 nitrogen and oxygen atoms in total. The van der Waals surface area contributed by atoms with Crippen molar-refractivity contribution < 1.29 is 14.6 Å². The van der Waals surface area contributed by atoms with E-state index in [9.17, 15) is 9.90 Å². The van der Waals surface area contributed by atoms with Crippen molar-refractivity contribution in [3.8, 4) is 0 Å². The normalized spacial score (nSPS) is 50.1. The van der Waals surface area contributed by atoms with Crippen molar-refractivity contribution in [3.05, 3.63) is 24.3 Å². The molecule has 3 unspecified atom stereocenters. The van der Waals surface area contributed by atoms with Crippen LogP contribution in [0.1, 0.15) is 65.7 Å². The molecule has 8 atom stereocenters. The van der Waals surface area contributed by atoms with Crippen LogP contribution in [0.15, 0.2) is 24.3 Å². The average Bonchev–Trinajstić information content (AvgIpc) is 2.92. The van der Waals surface area contributed by atoms with Gasteiger partial charge in [-0.3, -0.25) is 4.79 Å². The van der Waals surface area contributed by atoms with Crippen LogP contribution >= 0.6 is 0 Å². The Morgan fingerprint density at radius 2 is 2.00 bits per heavy atom. The highest BCUT2D eigenvalue weighted by atomic mass is 16.5. The zero-order valence-corrected chi connectivity index (χ0v) is 16.5. The molecule has 3 saturated carbocycles. The third-order valence-electron chi connectivity index (χ3n) is 8.77.